The fourth-order valence-electron chi connectivity index (χ4n) is 2.28. The van der Waals surface area contributed by atoms with Crippen LogP contribution in [0.5, 0.6) is 0 Å². The van der Waals surface area contributed by atoms with Crippen LogP contribution < -0.4 is 11.1 Å². The number of carbonyl (C=O) groups excluding carboxylic acids is 2. The van der Waals surface area contributed by atoms with Crippen molar-refractivity contribution in [1.29, 1.82) is 0 Å². The lowest BCUT2D eigenvalue weighted by Gasteiger charge is -2.04. The topological polar surface area (TPSA) is 117 Å². The molecule has 3 rings (SSSR count). The van der Waals surface area contributed by atoms with Crippen molar-refractivity contribution in [2.45, 2.75) is 13.5 Å². The van der Waals surface area contributed by atoms with Crippen molar-refractivity contribution in [2.75, 3.05) is 17.7 Å². The lowest BCUT2D eigenvalue weighted by molar-refractivity contribution is 0.0886. The van der Waals surface area contributed by atoms with Gasteiger partial charge in [-0.1, -0.05) is 0 Å². The highest BCUT2D eigenvalue weighted by molar-refractivity contribution is 5.93. The van der Waals surface area contributed by atoms with Crippen molar-refractivity contribution in [3.05, 3.63) is 36.7 Å². The first-order chi connectivity index (χ1) is 11.6. The van der Waals surface area contributed by atoms with Gasteiger partial charge in [0.25, 0.3) is 5.91 Å². The minimum absolute atomic E-state index is 0.0708. The summed E-state index contributed by atoms with van der Waals surface area (Å²) in [5, 5.41) is 11.3. The van der Waals surface area contributed by atoms with Gasteiger partial charge >= 0.3 is 6.09 Å². The number of ether oxygens (including phenoxy) is 1. The Kier molecular flexibility index (Phi) is 4.15. The predicted molar refractivity (Wildman–Crippen MR) is 87.6 cm³/mol. The summed E-state index contributed by atoms with van der Waals surface area (Å²) in [4.78, 5) is 24.9. The maximum atomic E-state index is 12.4. The van der Waals surface area contributed by atoms with Gasteiger partial charge in [-0.3, -0.25) is 14.7 Å². The van der Waals surface area contributed by atoms with E-state index < -0.39 is 6.09 Å². The maximum absolute atomic E-state index is 12.4. The normalized spacial score (nSPS) is 10.7. The van der Waals surface area contributed by atoms with E-state index in [4.69, 9.17) is 10.5 Å². The first-order valence-electron chi connectivity index (χ1n) is 7.30. The number of amides is 1. The van der Waals surface area contributed by atoms with Gasteiger partial charge in [0.2, 0.25) is 0 Å². The molecule has 0 fully saturated rings. The van der Waals surface area contributed by atoms with E-state index in [0.717, 1.165) is 10.9 Å². The monoisotopic (exact) mass is 328 g/mol. The molecular formula is C15H16N6O3. The van der Waals surface area contributed by atoms with Gasteiger partial charge < -0.3 is 10.5 Å². The van der Waals surface area contributed by atoms with Crippen molar-refractivity contribution in [1.82, 2.24) is 19.6 Å². The Balaban J connectivity index is 1.72. The fraction of sp³-hybridized carbons (Fsp3) is 0.200. The fourth-order valence-corrected chi connectivity index (χ4v) is 2.28. The third-order valence-corrected chi connectivity index (χ3v) is 3.30. The Labute approximate surface area is 137 Å². The molecule has 1 aromatic carbocycles. The Bertz CT molecular complexity index is 898. The molecule has 0 aliphatic carbocycles. The number of benzene rings is 1. The van der Waals surface area contributed by atoms with E-state index in [1.807, 2.05) is 6.07 Å². The second-order valence-electron chi connectivity index (χ2n) is 5.00. The summed E-state index contributed by atoms with van der Waals surface area (Å²) >= 11 is 0. The van der Waals surface area contributed by atoms with Crippen LogP contribution in [0.1, 0.15) is 11.7 Å². The van der Waals surface area contributed by atoms with Gasteiger partial charge in [0.1, 0.15) is 6.54 Å². The number of fused-ring (bicyclic) bond motifs is 1. The molecule has 0 spiro atoms. The molecule has 0 bridgehead atoms. The zero-order valence-electron chi connectivity index (χ0n) is 13.0. The molecule has 124 valence electrons. The lowest BCUT2D eigenvalue weighted by Crippen LogP contribution is -2.19. The molecular weight excluding hydrogens is 312 g/mol. The Morgan fingerprint density at radius 2 is 2.17 bits per heavy atom. The molecule has 0 aliphatic rings. The summed E-state index contributed by atoms with van der Waals surface area (Å²) < 4.78 is 6.26. The molecule has 0 saturated heterocycles. The van der Waals surface area contributed by atoms with Crippen LogP contribution in [0.2, 0.25) is 0 Å². The SMILES string of the molecule is CCOC(=O)Nc1cnn(CC(=O)n2ccc3cc(N)ccc32)n1. The summed E-state index contributed by atoms with van der Waals surface area (Å²) in [6.45, 7) is 1.88. The van der Waals surface area contributed by atoms with Crippen molar-refractivity contribution in [2.24, 2.45) is 0 Å². The number of nitrogens with two attached hydrogens (primary N) is 1. The van der Waals surface area contributed by atoms with Crippen LogP contribution >= 0.6 is 0 Å². The molecule has 3 aromatic rings. The number of hydrogen-bond acceptors (Lipinski definition) is 6. The zero-order valence-corrected chi connectivity index (χ0v) is 13.0. The van der Waals surface area contributed by atoms with Crippen LogP contribution in [0.25, 0.3) is 10.9 Å². The minimum atomic E-state index is -0.620. The van der Waals surface area contributed by atoms with E-state index in [0.29, 0.717) is 5.69 Å². The molecule has 1 amide bonds. The third-order valence-electron chi connectivity index (χ3n) is 3.30. The van der Waals surface area contributed by atoms with Crippen molar-refractivity contribution in [3.8, 4) is 0 Å². The standard InChI is InChI=1S/C15H16N6O3/c1-2-24-15(23)18-13-8-17-21(19-13)9-14(22)20-6-5-10-7-11(16)3-4-12(10)20/h3-8H,2,9,16H2,1H3,(H,18,19,23). The van der Waals surface area contributed by atoms with Gasteiger partial charge in [-0.05, 0) is 31.2 Å². The van der Waals surface area contributed by atoms with E-state index in [1.54, 1.807) is 31.3 Å². The maximum Gasteiger partial charge on any atom is 0.412 e. The van der Waals surface area contributed by atoms with Crippen LogP contribution in [-0.4, -0.2) is 38.2 Å². The molecule has 0 aliphatic heterocycles. The van der Waals surface area contributed by atoms with Gasteiger partial charge in [0.05, 0.1) is 18.3 Å². The van der Waals surface area contributed by atoms with Crippen LogP contribution in [0.3, 0.4) is 0 Å². The molecule has 9 nitrogen and oxygen atoms in total. The third kappa shape index (κ3) is 3.19. The highest BCUT2D eigenvalue weighted by Crippen LogP contribution is 2.18. The predicted octanol–water partition coefficient (Wildman–Crippen LogP) is 1.72. The molecule has 9 heteroatoms. The van der Waals surface area contributed by atoms with Crippen molar-refractivity contribution >= 4 is 34.4 Å². The van der Waals surface area contributed by atoms with Gasteiger partial charge in [-0.15, -0.1) is 5.10 Å². The number of hydrogen-bond donors (Lipinski definition) is 2. The largest absolute Gasteiger partial charge is 0.450 e. The first kappa shape index (κ1) is 15.5. The molecule has 24 heavy (non-hydrogen) atoms. The lowest BCUT2D eigenvalue weighted by atomic mass is 10.2. The Morgan fingerprint density at radius 1 is 1.33 bits per heavy atom. The Hall–Kier alpha value is -3.36. The average Bonchev–Trinajstić information content (AvgIpc) is 3.13. The molecule has 0 unspecified atom stereocenters. The highest BCUT2D eigenvalue weighted by atomic mass is 16.5. The van der Waals surface area contributed by atoms with Gasteiger partial charge in [0.15, 0.2) is 5.82 Å². The van der Waals surface area contributed by atoms with Crippen LogP contribution in [0, 0.1) is 0 Å². The van der Waals surface area contributed by atoms with Crippen LogP contribution in [-0.2, 0) is 11.3 Å². The van der Waals surface area contributed by atoms with E-state index in [1.165, 1.54) is 15.6 Å². The average molecular weight is 328 g/mol. The summed E-state index contributed by atoms with van der Waals surface area (Å²) in [6.07, 6.45) is 2.40. The number of anilines is 2. The molecule has 2 aromatic heterocycles. The van der Waals surface area contributed by atoms with Gasteiger partial charge in [0, 0.05) is 17.3 Å². The van der Waals surface area contributed by atoms with E-state index in [9.17, 15) is 9.59 Å². The molecule has 0 radical (unpaired) electrons. The Morgan fingerprint density at radius 3 is 2.96 bits per heavy atom. The number of carbonyl (C=O) groups is 2. The summed E-state index contributed by atoms with van der Waals surface area (Å²) in [5.74, 6) is -0.000515. The van der Waals surface area contributed by atoms with Gasteiger partial charge in [-0.2, -0.15) is 9.90 Å². The molecule has 0 saturated carbocycles. The number of rotatable bonds is 4. The van der Waals surface area contributed by atoms with E-state index in [2.05, 4.69) is 15.5 Å². The number of nitrogen functional groups attached to an aromatic ring is 1. The smallest absolute Gasteiger partial charge is 0.412 e. The summed E-state index contributed by atoms with van der Waals surface area (Å²) in [5.41, 5.74) is 7.12. The second-order valence-corrected chi connectivity index (χ2v) is 5.00. The number of aromatic nitrogens is 4. The number of nitrogens with zero attached hydrogens (tertiary/aromatic N) is 4. The minimum Gasteiger partial charge on any atom is -0.450 e. The van der Waals surface area contributed by atoms with Crippen LogP contribution in [0.4, 0.5) is 16.3 Å². The first-order valence-corrected chi connectivity index (χ1v) is 7.30. The van der Waals surface area contributed by atoms with Gasteiger partial charge in [-0.25, -0.2) is 4.79 Å². The van der Waals surface area contributed by atoms with E-state index in [-0.39, 0.29) is 24.9 Å². The van der Waals surface area contributed by atoms with Crippen molar-refractivity contribution in [3.63, 3.8) is 0 Å². The zero-order chi connectivity index (χ0) is 17.1. The molecule has 2 heterocycles. The van der Waals surface area contributed by atoms with Crippen molar-refractivity contribution < 1.29 is 14.3 Å². The quantitative estimate of drug-likeness (QED) is 0.704. The summed E-state index contributed by atoms with van der Waals surface area (Å²) in [6, 6.07) is 7.13. The van der Waals surface area contributed by atoms with E-state index >= 15 is 0 Å². The number of nitrogens with one attached hydrogen (secondary N) is 1. The van der Waals surface area contributed by atoms with Crippen LogP contribution in [0.15, 0.2) is 36.7 Å². The second kappa shape index (κ2) is 6.41. The summed E-state index contributed by atoms with van der Waals surface area (Å²) in [7, 11) is 0. The molecule has 3 N–H and O–H groups in total. The highest BCUT2D eigenvalue weighted by Gasteiger charge is 2.12. The molecule has 0 atom stereocenters.